The van der Waals surface area contributed by atoms with Gasteiger partial charge in [0.1, 0.15) is 12.4 Å². The number of nitrogens with one attached hydrogen (secondary N) is 1. The Bertz CT molecular complexity index is 531. The van der Waals surface area contributed by atoms with Crippen LogP contribution in [0.25, 0.3) is 0 Å². The molecule has 1 heterocycles. The third kappa shape index (κ3) is 3.99. The van der Waals surface area contributed by atoms with Crippen LogP contribution < -0.4 is 10.1 Å². The number of nitrogens with zero attached hydrogens (tertiary/aromatic N) is 1. The number of amides is 1. The lowest BCUT2D eigenvalue weighted by Gasteiger charge is -2.19. The fraction of sp³-hybridized carbons (Fsp3) is 0.588. The van der Waals surface area contributed by atoms with Crippen LogP contribution in [0.15, 0.2) is 12.1 Å². The van der Waals surface area contributed by atoms with E-state index < -0.39 is 6.61 Å². The van der Waals surface area contributed by atoms with Crippen molar-refractivity contribution in [1.29, 1.82) is 0 Å². The van der Waals surface area contributed by atoms with Crippen LogP contribution in [0, 0.1) is 19.8 Å². The number of ether oxygens (including phenoxy) is 1. The zero-order valence-corrected chi connectivity index (χ0v) is 13.7. The van der Waals surface area contributed by atoms with E-state index in [2.05, 4.69) is 30.1 Å². The summed E-state index contributed by atoms with van der Waals surface area (Å²) in [5, 5.41) is 11.5. The quantitative estimate of drug-likeness (QED) is 0.830. The number of likely N-dealkylation sites (tertiary alicyclic amines) is 1. The minimum Gasteiger partial charge on any atom is -0.496 e. The molecule has 1 fully saturated rings. The Morgan fingerprint density at radius 1 is 1.41 bits per heavy atom. The minimum atomic E-state index is -0.430. The van der Waals surface area contributed by atoms with Gasteiger partial charge in [-0.15, -0.1) is 0 Å². The Hall–Kier alpha value is -1.59. The molecule has 2 rings (SSSR count). The maximum Gasteiger partial charge on any atom is 0.245 e. The van der Waals surface area contributed by atoms with Gasteiger partial charge in [-0.05, 0) is 55.5 Å². The molecule has 1 amide bonds. The van der Waals surface area contributed by atoms with Gasteiger partial charge in [-0.25, -0.2) is 0 Å². The highest BCUT2D eigenvalue weighted by atomic mass is 16.5. The number of benzene rings is 1. The third-order valence-electron chi connectivity index (χ3n) is 4.57. The van der Waals surface area contributed by atoms with Crippen molar-refractivity contribution in [3.05, 3.63) is 28.8 Å². The van der Waals surface area contributed by atoms with Crippen molar-refractivity contribution in [2.24, 2.45) is 5.92 Å². The number of methoxy groups -OCH3 is 1. The number of carbonyl (C=O) groups is 1. The number of aliphatic hydroxyl groups is 1. The fourth-order valence-corrected chi connectivity index (χ4v) is 3.02. The Balaban J connectivity index is 1.90. The first kappa shape index (κ1) is 16.8. The van der Waals surface area contributed by atoms with Crippen molar-refractivity contribution >= 4 is 5.91 Å². The summed E-state index contributed by atoms with van der Waals surface area (Å²) in [6.07, 6.45) is 1.08. The second-order valence-corrected chi connectivity index (χ2v) is 6.03. The molecule has 22 heavy (non-hydrogen) atoms. The molecular weight excluding hydrogens is 280 g/mol. The van der Waals surface area contributed by atoms with Gasteiger partial charge in [0.15, 0.2) is 0 Å². The van der Waals surface area contributed by atoms with Gasteiger partial charge < -0.3 is 15.2 Å². The van der Waals surface area contributed by atoms with Crippen LogP contribution >= 0.6 is 0 Å². The van der Waals surface area contributed by atoms with E-state index in [1.165, 1.54) is 16.7 Å². The first-order chi connectivity index (χ1) is 10.5. The van der Waals surface area contributed by atoms with Crippen LogP contribution in [0.2, 0.25) is 0 Å². The summed E-state index contributed by atoms with van der Waals surface area (Å²) in [6.45, 7) is 7.41. The zero-order valence-electron chi connectivity index (χ0n) is 13.7. The molecule has 1 aliphatic rings. The molecule has 0 unspecified atom stereocenters. The van der Waals surface area contributed by atoms with E-state index in [0.717, 1.165) is 31.8 Å². The average Bonchev–Trinajstić information content (AvgIpc) is 2.97. The molecule has 5 nitrogen and oxygen atoms in total. The summed E-state index contributed by atoms with van der Waals surface area (Å²) < 4.78 is 5.36. The van der Waals surface area contributed by atoms with E-state index in [4.69, 9.17) is 9.84 Å². The van der Waals surface area contributed by atoms with E-state index in [1.807, 2.05) is 6.07 Å². The maximum atomic E-state index is 11.1. The zero-order chi connectivity index (χ0) is 16.1. The average molecular weight is 306 g/mol. The standard InChI is InChI=1S/C17H26N2O3/c1-12-13(2)16(22-3)5-4-15(12)10-19-7-6-14(9-19)8-18-17(21)11-20/h4-5,14,20H,6-11H2,1-3H3,(H,18,21)/t14-/m0/s1. The van der Waals surface area contributed by atoms with Crippen LogP contribution in [0.4, 0.5) is 0 Å². The van der Waals surface area contributed by atoms with Gasteiger partial charge in [0, 0.05) is 19.6 Å². The molecule has 1 atom stereocenters. The molecule has 5 heteroatoms. The van der Waals surface area contributed by atoms with E-state index in [1.54, 1.807) is 7.11 Å². The summed E-state index contributed by atoms with van der Waals surface area (Å²) in [4.78, 5) is 13.5. The molecule has 1 saturated heterocycles. The second kappa shape index (κ2) is 7.61. The summed E-state index contributed by atoms with van der Waals surface area (Å²) >= 11 is 0. The van der Waals surface area contributed by atoms with E-state index in [9.17, 15) is 4.79 Å². The van der Waals surface area contributed by atoms with Crippen molar-refractivity contribution < 1.29 is 14.6 Å². The SMILES string of the molecule is COc1ccc(CN2CC[C@@H](CNC(=O)CO)C2)c(C)c1C. The molecule has 0 aromatic heterocycles. The molecule has 122 valence electrons. The fourth-order valence-electron chi connectivity index (χ4n) is 3.02. The summed E-state index contributed by atoms with van der Waals surface area (Å²) in [5.74, 6) is 1.11. The molecule has 1 aromatic rings. The van der Waals surface area contributed by atoms with Crippen molar-refractivity contribution in [2.45, 2.75) is 26.8 Å². The van der Waals surface area contributed by atoms with Gasteiger partial charge in [-0.3, -0.25) is 9.69 Å². The molecule has 1 aliphatic heterocycles. The number of aliphatic hydroxyl groups excluding tert-OH is 1. The Kier molecular flexibility index (Phi) is 5.80. The molecule has 0 bridgehead atoms. The topological polar surface area (TPSA) is 61.8 Å². The largest absolute Gasteiger partial charge is 0.496 e. The molecular formula is C17H26N2O3. The Morgan fingerprint density at radius 2 is 2.18 bits per heavy atom. The van der Waals surface area contributed by atoms with Crippen LogP contribution in [0.1, 0.15) is 23.1 Å². The van der Waals surface area contributed by atoms with E-state index >= 15 is 0 Å². The first-order valence-electron chi connectivity index (χ1n) is 7.78. The molecule has 0 radical (unpaired) electrons. The highest BCUT2D eigenvalue weighted by molar-refractivity contribution is 5.76. The number of carbonyl (C=O) groups excluding carboxylic acids is 1. The lowest BCUT2D eigenvalue weighted by molar-refractivity contribution is -0.123. The Morgan fingerprint density at radius 3 is 2.86 bits per heavy atom. The normalized spacial score (nSPS) is 18.5. The van der Waals surface area contributed by atoms with Gasteiger partial charge in [-0.2, -0.15) is 0 Å². The molecule has 0 aliphatic carbocycles. The van der Waals surface area contributed by atoms with Crippen LogP contribution in [0.3, 0.4) is 0 Å². The van der Waals surface area contributed by atoms with Crippen molar-refractivity contribution in [1.82, 2.24) is 10.2 Å². The monoisotopic (exact) mass is 306 g/mol. The van der Waals surface area contributed by atoms with Gasteiger partial charge in [-0.1, -0.05) is 6.07 Å². The second-order valence-electron chi connectivity index (χ2n) is 6.03. The predicted molar refractivity (Wildman–Crippen MR) is 85.9 cm³/mol. The summed E-state index contributed by atoms with van der Waals surface area (Å²) in [5.41, 5.74) is 3.82. The van der Waals surface area contributed by atoms with Crippen molar-refractivity contribution in [2.75, 3.05) is 33.4 Å². The molecule has 1 aromatic carbocycles. The van der Waals surface area contributed by atoms with Crippen LogP contribution in [-0.2, 0) is 11.3 Å². The summed E-state index contributed by atoms with van der Waals surface area (Å²) in [7, 11) is 1.70. The smallest absolute Gasteiger partial charge is 0.245 e. The van der Waals surface area contributed by atoms with Gasteiger partial charge >= 0.3 is 0 Å². The van der Waals surface area contributed by atoms with Crippen molar-refractivity contribution in [3.8, 4) is 5.75 Å². The highest BCUT2D eigenvalue weighted by Gasteiger charge is 2.23. The van der Waals surface area contributed by atoms with Gasteiger partial charge in [0.05, 0.1) is 7.11 Å². The van der Waals surface area contributed by atoms with E-state index in [0.29, 0.717) is 12.5 Å². The third-order valence-corrected chi connectivity index (χ3v) is 4.57. The summed E-state index contributed by atoms with van der Waals surface area (Å²) in [6, 6.07) is 4.18. The molecule has 2 N–H and O–H groups in total. The lowest BCUT2D eigenvalue weighted by Crippen LogP contribution is -2.32. The lowest BCUT2D eigenvalue weighted by atomic mass is 10.0. The Labute approximate surface area is 132 Å². The highest BCUT2D eigenvalue weighted by Crippen LogP contribution is 2.26. The first-order valence-corrected chi connectivity index (χ1v) is 7.78. The number of rotatable bonds is 6. The molecule has 0 saturated carbocycles. The minimum absolute atomic E-state index is 0.292. The number of hydrogen-bond donors (Lipinski definition) is 2. The van der Waals surface area contributed by atoms with E-state index in [-0.39, 0.29) is 5.91 Å². The van der Waals surface area contributed by atoms with Crippen molar-refractivity contribution in [3.63, 3.8) is 0 Å². The van der Waals surface area contributed by atoms with Crippen LogP contribution in [0.5, 0.6) is 5.75 Å². The van der Waals surface area contributed by atoms with Crippen LogP contribution in [-0.4, -0.2) is 49.3 Å². The van der Waals surface area contributed by atoms with Gasteiger partial charge in [0.2, 0.25) is 5.91 Å². The maximum absolute atomic E-state index is 11.1. The van der Waals surface area contributed by atoms with Gasteiger partial charge in [0.25, 0.3) is 0 Å². The predicted octanol–water partition coefficient (Wildman–Crippen LogP) is 1.24. The molecule has 0 spiro atoms. The number of hydrogen-bond acceptors (Lipinski definition) is 4.